The molecule has 168 valence electrons. The maximum absolute atomic E-state index is 13.7. The Morgan fingerprint density at radius 3 is 2.13 bits per heavy atom. The number of esters is 1. The molecule has 2 aromatic carbocycles. The van der Waals surface area contributed by atoms with Crippen LogP contribution in [0.15, 0.2) is 36.4 Å². The quantitative estimate of drug-likeness (QED) is 0.338. The summed E-state index contributed by atoms with van der Waals surface area (Å²) in [5.41, 5.74) is -1.30. The van der Waals surface area contributed by atoms with E-state index in [2.05, 4.69) is 4.74 Å². The molecule has 0 saturated carbocycles. The van der Waals surface area contributed by atoms with Crippen molar-refractivity contribution in [3.63, 3.8) is 0 Å². The van der Waals surface area contributed by atoms with E-state index in [9.17, 15) is 31.1 Å². The third-order valence-corrected chi connectivity index (χ3v) is 5.09. The Kier molecular flexibility index (Phi) is 7.47. The van der Waals surface area contributed by atoms with Gasteiger partial charge in [0.2, 0.25) is 0 Å². The first-order valence-electron chi connectivity index (χ1n) is 9.15. The molecule has 0 aliphatic rings. The van der Waals surface area contributed by atoms with Crippen LogP contribution in [-0.2, 0) is 10.9 Å². The van der Waals surface area contributed by atoms with Crippen LogP contribution in [0.25, 0.3) is 6.08 Å². The molecule has 0 N–H and O–H groups in total. The van der Waals surface area contributed by atoms with Gasteiger partial charge in [-0.2, -0.15) is 26.3 Å². The minimum Gasteiger partial charge on any atom is -0.462 e. The number of halogens is 7. The SMILES string of the molecule is CCOC(=O)c1ccc(/C=C/C(c2cc(C)c(Cl)c(C)c2)C(F)(F)F)cc1C(F)(F)F. The lowest BCUT2D eigenvalue weighted by molar-refractivity contribution is -0.139. The van der Waals surface area contributed by atoms with E-state index in [-0.39, 0.29) is 17.7 Å². The smallest absolute Gasteiger partial charge is 0.417 e. The average molecular weight is 465 g/mol. The predicted octanol–water partition coefficient (Wildman–Crippen LogP) is 7.51. The molecular formula is C22H19ClF6O2. The van der Waals surface area contributed by atoms with Crippen molar-refractivity contribution >= 4 is 23.6 Å². The molecule has 9 heteroatoms. The molecule has 0 saturated heterocycles. The first-order valence-corrected chi connectivity index (χ1v) is 9.53. The monoisotopic (exact) mass is 464 g/mol. The number of ether oxygens (including phenoxy) is 1. The van der Waals surface area contributed by atoms with Gasteiger partial charge in [-0.1, -0.05) is 42.0 Å². The third-order valence-electron chi connectivity index (χ3n) is 4.50. The van der Waals surface area contributed by atoms with Gasteiger partial charge in [0.25, 0.3) is 0 Å². The highest BCUT2D eigenvalue weighted by Gasteiger charge is 2.39. The van der Waals surface area contributed by atoms with E-state index in [4.69, 9.17) is 11.6 Å². The van der Waals surface area contributed by atoms with Gasteiger partial charge in [0, 0.05) is 5.02 Å². The lowest BCUT2D eigenvalue weighted by Gasteiger charge is -2.19. The molecule has 1 atom stereocenters. The van der Waals surface area contributed by atoms with E-state index < -0.39 is 35.4 Å². The topological polar surface area (TPSA) is 26.3 Å². The molecule has 1 unspecified atom stereocenters. The van der Waals surface area contributed by atoms with Gasteiger partial charge in [-0.15, -0.1) is 0 Å². The summed E-state index contributed by atoms with van der Waals surface area (Å²) >= 11 is 6.02. The second-order valence-corrected chi connectivity index (χ2v) is 7.25. The zero-order chi connectivity index (χ0) is 23.6. The lowest BCUT2D eigenvalue weighted by atomic mass is 9.93. The Morgan fingerprint density at radius 2 is 1.65 bits per heavy atom. The van der Waals surface area contributed by atoms with Gasteiger partial charge in [-0.3, -0.25) is 0 Å². The van der Waals surface area contributed by atoms with E-state index in [1.807, 2.05) is 0 Å². The highest BCUT2D eigenvalue weighted by atomic mass is 35.5. The molecule has 0 spiro atoms. The van der Waals surface area contributed by atoms with Gasteiger partial charge in [0.15, 0.2) is 0 Å². The fourth-order valence-electron chi connectivity index (χ4n) is 3.06. The summed E-state index contributed by atoms with van der Waals surface area (Å²) in [5, 5.41) is 0.345. The van der Waals surface area contributed by atoms with Gasteiger partial charge in [0.05, 0.1) is 23.7 Å². The molecular weight excluding hydrogens is 446 g/mol. The molecule has 0 aliphatic heterocycles. The zero-order valence-corrected chi connectivity index (χ0v) is 17.5. The molecule has 2 nitrogen and oxygen atoms in total. The molecule has 0 aliphatic carbocycles. The van der Waals surface area contributed by atoms with Gasteiger partial charge < -0.3 is 4.74 Å². The number of allylic oxidation sites excluding steroid dienone is 1. The summed E-state index contributed by atoms with van der Waals surface area (Å²) in [5.74, 6) is -3.22. The van der Waals surface area contributed by atoms with E-state index in [0.717, 1.165) is 24.3 Å². The van der Waals surface area contributed by atoms with Crippen molar-refractivity contribution in [1.29, 1.82) is 0 Å². The number of rotatable bonds is 5. The van der Waals surface area contributed by atoms with Crippen molar-refractivity contribution < 1.29 is 35.9 Å². The number of carbonyl (C=O) groups is 1. The number of benzene rings is 2. The normalized spacial score (nSPS) is 13.5. The standard InChI is InChI=1S/C22H19ClF6O2/c1-4-31-20(30)16-7-5-14(11-18(16)22(27,28)29)6-8-17(21(24,25)26)15-9-12(2)19(23)13(3)10-15/h5-11,17H,4H2,1-3H3/b8-6+. The average Bonchev–Trinajstić information content (AvgIpc) is 2.64. The van der Waals surface area contributed by atoms with Crippen LogP contribution in [0.4, 0.5) is 26.3 Å². The van der Waals surface area contributed by atoms with Crippen molar-refractivity contribution in [2.24, 2.45) is 0 Å². The molecule has 2 aromatic rings. The summed E-state index contributed by atoms with van der Waals surface area (Å²) in [7, 11) is 0. The number of aryl methyl sites for hydroxylation is 2. The Balaban J connectivity index is 2.51. The van der Waals surface area contributed by atoms with Gasteiger partial charge in [-0.25, -0.2) is 4.79 Å². The van der Waals surface area contributed by atoms with Crippen molar-refractivity contribution in [3.05, 3.63) is 74.8 Å². The molecule has 0 bridgehead atoms. The summed E-state index contributed by atoms with van der Waals surface area (Å²) in [6, 6.07) is 5.23. The number of hydrogen-bond acceptors (Lipinski definition) is 2. The molecule has 0 heterocycles. The van der Waals surface area contributed by atoms with E-state index in [1.165, 1.54) is 19.1 Å². The van der Waals surface area contributed by atoms with Crippen molar-refractivity contribution in [2.75, 3.05) is 6.61 Å². The summed E-state index contributed by atoms with van der Waals surface area (Å²) in [6.45, 7) is 4.46. The lowest BCUT2D eigenvalue weighted by Crippen LogP contribution is -2.19. The Labute approximate surface area is 180 Å². The number of alkyl halides is 6. The maximum atomic E-state index is 13.7. The fraction of sp³-hybridized carbons (Fsp3) is 0.318. The minimum atomic E-state index is -4.89. The zero-order valence-electron chi connectivity index (χ0n) is 16.8. The predicted molar refractivity (Wildman–Crippen MR) is 106 cm³/mol. The first kappa shape index (κ1) is 24.8. The summed E-state index contributed by atoms with van der Waals surface area (Å²) in [4.78, 5) is 11.8. The van der Waals surface area contributed by atoms with Crippen LogP contribution in [-0.4, -0.2) is 18.8 Å². The molecule has 31 heavy (non-hydrogen) atoms. The first-order chi connectivity index (χ1) is 14.3. The van der Waals surface area contributed by atoms with Crippen molar-refractivity contribution in [3.8, 4) is 0 Å². The van der Waals surface area contributed by atoms with Crippen LogP contribution in [0.1, 0.15) is 51.0 Å². The highest BCUT2D eigenvalue weighted by molar-refractivity contribution is 6.32. The largest absolute Gasteiger partial charge is 0.462 e. The van der Waals surface area contributed by atoms with E-state index in [1.54, 1.807) is 13.8 Å². The molecule has 0 fully saturated rings. The fourth-order valence-corrected chi connectivity index (χ4v) is 3.17. The maximum Gasteiger partial charge on any atom is 0.417 e. The van der Waals surface area contributed by atoms with Crippen LogP contribution >= 0.6 is 11.6 Å². The van der Waals surface area contributed by atoms with Gasteiger partial charge in [0.1, 0.15) is 0 Å². The van der Waals surface area contributed by atoms with Crippen molar-refractivity contribution in [2.45, 2.75) is 39.0 Å². The van der Waals surface area contributed by atoms with E-state index in [0.29, 0.717) is 22.2 Å². The van der Waals surface area contributed by atoms with Crippen LogP contribution in [0.5, 0.6) is 0 Å². The van der Waals surface area contributed by atoms with Crippen LogP contribution in [0, 0.1) is 13.8 Å². The van der Waals surface area contributed by atoms with Crippen LogP contribution < -0.4 is 0 Å². The number of carbonyl (C=O) groups excluding carboxylic acids is 1. The summed E-state index contributed by atoms with van der Waals surface area (Å²) in [6.07, 6.45) is -7.84. The highest BCUT2D eigenvalue weighted by Crippen LogP contribution is 2.39. The van der Waals surface area contributed by atoms with Gasteiger partial charge >= 0.3 is 18.3 Å². The third kappa shape index (κ3) is 6.03. The second-order valence-electron chi connectivity index (χ2n) is 6.87. The number of hydrogen-bond donors (Lipinski definition) is 0. The van der Waals surface area contributed by atoms with Crippen molar-refractivity contribution in [1.82, 2.24) is 0 Å². The Bertz CT molecular complexity index is 969. The second kappa shape index (κ2) is 9.34. The molecule has 0 radical (unpaired) electrons. The van der Waals surface area contributed by atoms with Crippen LogP contribution in [0.3, 0.4) is 0 Å². The Hall–Kier alpha value is -2.48. The Morgan fingerprint density at radius 1 is 1.06 bits per heavy atom. The molecule has 0 aromatic heterocycles. The summed E-state index contributed by atoms with van der Waals surface area (Å²) < 4.78 is 85.8. The van der Waals surface area contributed by atoms with E-state index >= 15 is 0 Å². The molecule has 2 rings (SSSR count). The van der Waals surface area contributed by atoms with Gasteiger partial charge in [-0.05, 0) is 55.2 Å². The van der Waals surface area contributed by atoms with Crippen LogP contribution in [0.2, 0.25) is 5.02 Å². The molecule has 0 amide bonds. The minimum absolute atomic E-state index is 0.0812.